The van der Waals surface area contributed by atoms with Crippen LogP contribution in [-0.2, 0) is 6.42 Å². The molecule has 1 aromatic carbocycles. The third-order valence-electron chi connectivity index (χ3n) is 2.67. The average Bonchev–Trinajstić information content (AvgIpc) is 2.43. The van der Waals surface area contributed by atoms with E-state index in [9.17, 15) is 0 Å². The molecule has 0 spiro atoms. The predicted molar refractivity (Wildman–Crippen MR) is 79.3 cm³/mol. The van der Waals surface area contributed by atoms with E-state index in [2.05, 4.69) is 4.98 Å². The molecule has 0 saturated heterocycles. The summed E-state index contributed by atoms with van der Waals surface area (Å²) in [6, 6.07) is 11.5. The van der Waals surface area contributed by atoms with Crippen LogP contribution in [0.15, 0.2) is 42.6 Å². The van der Waals surface area contributed by atoms with Gasteiger partial charge in [-0.3, -0.25) is 0 Å². The van der Waals surface area contributed by atoms with Crippen molar-refractivity contribution >= 4 is 0 Å². The summed E-state index contributed by atoms with van der Waals surface area (Å²) in [6.45, 7) is 4.59. The van der Waals surface area contributed by atoms with E-state index >= 15 is 0 Å². The van der Waals surface area contributed by atoms with Crippen molar-refractivity contribution in [1.82, 2.24) is 4.98 Å². The molecule has 4 heteroatoms. The number of hydrogen-bond acceptors (Lipinski definition) is 4. The molecule has 2 aromatic rings. The Morgan fingerprint density at radius 1 is 1.15 bits per heavy atom. The van der Waals surface area contributed by atoms with Gasteiger partial charge in [-0.05, 0) is 56.6 Å². The summed E-state index contributed by atoms with van der Waals surface area (Å²) >= 11 is 0. The van der Waals surface area contributed by atoms with E-state index in [-0.39, 0.29) is 6.10 Å². The zero-order chi connectivity index (χ0) is 14.4. The Balaban J connectivity index is 2.13. The van der Waals surface area contributed by atoms with E-state index in [0.29, 0.717) is 18.2 Å². The molecule has 0 radical (unpaired) electrons. The fourth-order valence-corrected chi connectivity index (χ4v) is 1.80. The number of nitrogens with two attached hydrogens (primary N) is 1. The Hall–Kier alpha value is -2.07. The molecule has 4 nitrogen and oxygen atoms in total. The Labute approximate surface area is 119 Å². The Morgan fingerprint density at radius 2 is 1.90 bits per heavy atom. The average molecular weight is 272 g/mol. The van der Waals surface area contributed by atoms with Gasteiger partial charge >= 0.3 is 0 Å². The molecule has 2 N–H and O–H groups in total. The van der Waals surface area contributed by atoms with Gasteiger partial charge in [-0.25, -0.2) is 4.98 Å². The summed E-state index contributed by atoms with van der Waals surface area (Å²) in [7, 11) is 0. The first kappa shape index (κ1) is 14.3. The molecular weight excluding hydrogens is 252 g/mol. The quantitative estimate of drug-likeness (QED) is 0.877. The number of pyridine rings is 1. The molecule has 0 fully saturated rings. The normalized spacial score (nSPS) is 10.6. The first-order valence-corrected chi connectivity index (χ1v) is 6.77. The van der Waals surface area contributed by atoms with Crippen LogP contribution < -0.4 is 15.2 Å². The van der Waals surface area contributed by atoms with Crippen molar-refractivity contribution in [3.63, 3.8) is 0 Å². The highest BCUT2D eigenvalue weighted by Gasteiger charge is 2.08. The summed E-state index contributed by atoms with van der Waals surface area (Å²) in [6.07, 6.45) is 2.63. The number of aromatic nitrogens is 1. The molecule has 0 saturated carbocycles. The number of nitrogens with zero attached hydrogens (tertiary/aromatic N) is 1. The molecule has 106 valence electrons. The lowest BCUT2D eigenvalue weighted by Gasteiger charge is -2.13. The summed E-state index contributed by atoms with van der Waals surface area (Å²) in [5, 5.41) is 0. The minimum absolute atomic E-state index is 0.0773. The van der Waals surface area contributed by atoms with Crippen molar-refractivity contribution in [3.8, 4) is 17.4 Å². The molecule has 1 heterocycles. The van der Waals surface area contributed by atoms with E-state index in [1.807, 2.05) is 50.2 Å². The largest absolute Gasteiger partial charge is 0.485 e. The fraction of sp³-hybridized carbons (Fsp3) is 0.312. The molecule has 0 atom stereocenters. The first-order valence-electron chi connectivity index (χ1n) is 6.77. The maximum absolute atomic E-state index is 5.78. The summed E-state index contributed by atoms with van der Waals surface area (Å²) in [5.41, 5.74) is 6.72. The van der Waals surface area contributed by atoms with Crippen molar-refractivity contribution in [2.45, 2.75) is 26.4 Å². The lowest BCUT2D eigenvalue weighted by Crippen LogP contribution is -2.07. The second-order valence-corrected chi connectivity index (χ2v) is 4.76. The van der Waals surface area contributed by atoms with E-state index in [1.165, 1.54) is 5.56 Å². The van der Waals surface area contributed by atoms with E-state index in [1.54, 1.807) is 6.20 Å². The monoisotopic (exact) mass is 272 g/mol. The molecule has 0 aliphatic carbocycles. The minimum Gasteiger partial charge on any atom is -0.485 e. The number of ether oxygens (including phenoxy) is 2. The van der Waals surface area contributed by atoms with Crippen LogP contribution in [-0.4, -0.2) is 17.6 Å². The van der Waals surface area contributed by atoms with Crippen molar-refractivity contribution in [2.24, 2.45) is 5.73 Å². The molecule has 0 aliphatic heterocycles. The smallest absolute Gasteiger partial charge is 0.262 e. The molecule has 0 unspecified atom stereocenters. The topological polar surface area (TPSA) is 57.4 Å². The van der Waals surface area contributed by atoms with E-state index in [0.717, 1.165) is 12.2 Å². The molecule has 0 bridgehead atoms. The standard InChI is InChI=1S/C16H20N2O2/c1-12(2)19-15-4-3-11-18-16(15)20-14-7-5-13(6-8-14)9-10-17/h3-8,11-12H,9-10,17H2,1-2H3. The van der Waals surface area contributed by atoms with Gasteiger partial charge in [0.05, 0.1) is 6.10 Å². The third kappa shape index (κ3) is 3.96. The van der Waals surface area contributed by atoms with Crippen LogP contribution >= 0.6 is 0 Å². The van der Waals surface area contributed by atoms with Gasteiger partial charge in [-0.2, -0.15) is 0 Å². The van der Waals surface area contributed by atoms with Crippen molar-refractivity contribution in [3.05, 3.63) is 48.2 Å². The van der Waals surface area contributed by atoms with Crippen LogP contribution in [0.5, 0.6) is 17.4 Å². The SMILES string of the molecule is CC(C)Oc1cccnc1Oc1ccc(CCN)cc1. The zero-order valence-electron chi connectivity index (χ0n) is 11.9. The molecule has 20 heavy (non-hydrogen) atoms. The van der Waals surface area contributed by atoms with E-state index < -0.39 is 0 Å². The summed E-state index contributed by atoms with van der Waals surface area (Å²) in [4.78, 5) is 4.22. The van der Waals surface area contributed by atoms with Crippen molar-refractivity contribution in [1.29, 1.82) is 0 Å². The highest BCUT2D eigenvalue weighted by molar-refractivity contribution is 5.38. The summed E-state index contributed by atoms with van der Waals surface area (Å²) < 4.78 is 11.5. The Bertz CT molecular complexity index is 538. The molecular formula is C16H20N2O2. The Kier molecular flexibility index (Phi) is 4.96. The maximum Gasteiger partial charge on any atom is 0.262 e. The van der Waals surface area contributed by atoms with Crippen LogP contribution in [0.3, 0.4) is 0 Å². The lowest BCUT2D eigenvalue weighted by atomic mass is 10.1. The van der Waals surface area contributed by atoms with Crippen LogP contribution in [0.1, 0.15) is 19.4 Å². The highest BCUT2D eigenvalue weighted by atomic mass is 16.5. The van der Waals surface area contributed by atoms with Gasteiger partial charge < -0.3 is 15.2 Å². The van der Waals surface area contributed by atoms with Crippen LogP contribution in [0.2, 0.25) is 0 Å². The lowest BCUT2D eigenvalue weighted by molar-refractivity contribution is 0.231. The van der Waals surface area contributed by atoms with Gasteiger partial charge in [0.1, 0.15) is 5.75 Å². The predicted octanol–water partition coefficient (Wildman–Crippen LogP) is 3.16. The van der Waals surface area contributed by atoms with Gasteiger partial charge in [-0.1, -0.05) is 12.1 Å². The van der Waals surface area contributed by atoms with E-state index in [4.69, 9.17) is 15.2 Å². The van der Waals surface area contributed by atoms with Gasteiger partial charge in [0, 0.05) is 6.20 Å². The zero-order valence-corrected chi connectivity index (χ0v) is 11.9. The third-order valence-corrected chi connectivity index (χ3v) is 2.67. The Morgan fingerprint density at radius 3 is 2.55 bits per heavy atom. The van der Waals surface area contributed by atoms with Crippen LogP contribution in [0.25, 0.3) is 0 Å². The molecule has 2 rings (SSSR count). The van der Waals surface area contributed by atoms with Crippen molar-refractivity contribution < 1.29 is 9.47 Å². The second-order valence-electron chi connectivity index (χ2n) is 4.76. The van der Waals surface area contributed by atoms with Gasteiger partial charge in [0.15, 0.2) is 5.75 Å². The van der Waals surface area contributed by atoms with Gasteiger partial charge in [-0.15, -0.1) is 0 Å². The number of benzene rings is 1. The molecule has 0 aliphatic rings. The molecule has 1 aromatic heterocycles. The highest BCUT2D eigenvalue weighted by Crippen LogP contribution is 2.29. The van der Waals surface area contributed by atoms with Crippen LogP contribution in [0, 0.1) is 0 Å². The number of rotatable bonds is 6. The maximum atomic E-state index is 5.78. The fourth-order valence-electron chi connectivity index (χ4n) is 1.80. The molecule has 0 amide bonds. The number of hydrogen-bond donors (Lipinski definition) is 1. The minimum atomic E-state index is 0.0773. The van der Waals surface area contributed by atoms with Crippen LogP contribution in [0.4, 0.5) is 0 Å². The second kappa shape index (κ2) is 6.91. The first-order chi connectivity index (χ1) is 9.69. The van der Waals surface area contributed by atoms with Crippen molar-refractivity contribution in [2.75, 3.05) is 6.54 Å². The van der Waals surface area contributed by atoms with Gasteiger partial charge in [0.25, 0.3) is 5.88 Å². The summed E-state index contributed by atoms with van der Waals surface area (Å²) in [5.74, 6) is 1.86. The van der Waals surface area contributed by atoms with Gasteiger partial charge in [0.2, 0.25) is 0 Å².